The molecule has 0 saturated heterocycles. The average molecular weight is 163 g/mol. The molecule has 0 unspecified atom stereocenters. The minimum Gasteiger partial charge on any atom is -0.207 e. The maximum Gasteiger partial charge on any atom is 0.417 e. The van der Waals surface area contributed by atoms with E-state index < -0.39 is 17.6 Å². The summed E-state index contributed by atoms with van der Waals surface area (Å²) in [6, 6.07) is 4.10. The first-order chi connectivity index (χ1) is 5.00. The Hall–Kier alpha value is -1.06. The van der Waals surface area contributed by atoms with E-state index >= 15 is 0 Å². The van der Waals surface area contributed by atoms with Crippen LogP contribution in [-0.4, -0.2) is 0 Å². The molecule has 0 aliphatic carbocycles. The van der Waals surface area contributed by atoms with Crippen LogP contribution < -0.4 is 0 Å². The monoisotopic (exact) mass is 163 g/mol. The summed E-state index contributed by atoms with van der Waals surface area (Å²) in [6.45, 7) is 0. The van der Waals surface area contributed by atoms with Crippen molar-refractivity contribution in [3.05, 3.63) is 35.6 Å². The lowest BCUT2D eigenvalue weighted by atomic mass is 10.2. The molecule has 0 aliphatic rings. The molecule has 0 amide bonds. The van der Waals surface area contributed by atoms with Crippen molar-refractivity contribution in [2.24, 2.45) is 0 Å². The lowest BCUT2D eigenvalue weighted by Gasteiger charge is -2.04. The van der Waals surface area contributed by atoms with Gasteiger partial charge in [-0.2, -0.15) is 13.2 Å². The molecule has 1 aromatic rings. The SMILES string of the molecule is Fc1cc[c]c(C(F)(F)F)c1. The lowest BCUT2D eigenvalue weighted by Crippen LogP contribution is -2.04. The molecule has 0 aromatic heterocycles. The quantitative estimate of drug-likeness (QED) is 0.515. The molecular weight excluding hydrogens is 160 g/mol. The first-order valence-corrected chi connectivity index (χ1v) is 2.74. The van der Waals surface area contributed by atoms with Crippen LogP contribution in [0.15, 0.2) is 18.2 Å². The van der Waals surface area contributed by atoms with Crippen molar-refractivity contribution in [3.8, 4) is 0 Å². The molecule has 0 saturated carbocycles. The van der Waals surface area contributed by atoms with Gasteiger partial charge in [-0.25, -0.2) is 4.39 Å². The minimum atomic E-state index is -4.51. The first kappa shape index (κ1) is 8.04. The van der Waals surface area contributed by atoms with Crippen molar-refractivity contribution in [2.45, 2.75) is 6.18 Å². The Balaban J connectivity index is 3.06. The molecule has 0 bridgehead atoms. The van der Waals surface area contributed by atoms with Crippen LogP contribution in [-0.2, 0) is 6.18 Å². The maximum absolute atomic E-state index is 12.2. The van der Waals surface area contributed by atoms with Crippen LogP contribution in [0.4, 0.5) is 17.6 Å². The number of hydrogen-bond donors (Lipinski definition) is 0. The molecule has 0 spiro atoms. The van der Waals surface area contributed by atoms with E-state index in [0.29, 0.717) is 6.07 Å². The van der Waals surface area contributed by atoms with Gasteiger partial charge in [-0.15, -0.1) is 0 Å². The normalized spacial score (nSPS) is 11.6. The molecule has 59 valence electrons. The van der Waals surface area contributed by atoms with E-state index in [0.717, 1.165) is 12.1 Å². The zero-order valence-corrected chi connectivity index (χ0v) is 5.24. The van der Waals surface area contributed by atoms with Gasteiger partial charge in [-0.3, -0.25) is 0 Å². The third kappa shape index (κ3) is 1.93. The summed E-state index contributed by atoms with van der Waals surface area (Å²) in [4.78, 5) is 0. The van der Waals surface area contributed by atoms with E-state index in [2.05, 4.69) is 0 Å². The highest BCUT2D eigenvalue weighted by Gasteiger charge is 2.30. The first-order valence-electron chi connectivity index (χ1n) is 2.74. The van der Waals surface area contributed by atoms with Gasteiger partial charge in [0.05, 0.1) is 5.56 Å². The molecule has 0 N–H and O–H groups in total. The predicted octanol–water partition coefficient (Wildman–Crippen LogP) is 2.64. The van der Waals surface area contributed by atoms with E-state index in [-0.39, 0.29) is 0 Å². The van der Waals surface area contributed by atoms with Crippen LogP contribution in [0.25, 0.3) is 0 Å². The summed E-state index contributed by atoms with van der Waals surface area (Å²) in [5.41, 5.74) is -1.09. The van der Waals surface area contributed by atoms with Crippen LogP contribution in [0.5, 0.6) is 0 Å². The second-order valence-electron chi connectivity index (χ2n) is 1.92. The molecule has 1 aromatic carbocycles. The summed E-state index contributed by atoms with van der Waals surface area (Å²) < 4.78 is 47.5. The van der Waals surface area contributed by atoms with Gasteiger partial charge in [0.25, 0.3) is 0 Å². The number of rotatable bonds is 0. The molecular formula is C7H3F4. The molecule has 11 heavy (non-hydrogen) atoms. The van der Waals surface area contributed by atoms with E-state index in [4.69, 9.17) is 0 Å². The summed E-state index contributed by atoms with van der Waals surface area (Å²) in [5, 5.41) is 0. The molecule has 1 rings (SSSR count). The van der Waals surface area contributed by atoms with Gasteiger partial charge in [0.15, 0.2) is 0 Å². The van der Waals surface area contributed by atoms with Crippen molar-refractivity contribution < 1.29 is 17.6 Å². The lowest BCUT2D eigenvalue weighted by molar-refractivity contribution is -0.138. The molecule has 0 fully saturated rings. The zero-order valence-electron chi connectivity index (χ0n) is 5.24. The van der Waals surface area contributed by atoms with Crippen molar-refractivity contribution in [1.82, 2.24) is 0 Å². The average Bonchev–Trinajstić information content (AvgIpc) is 1.86. The highest BCUT2D eigenvalue weighted by Crippen LogP contribution is 2.28. The summed E-state index contributed by atoms with van der Waals surface area (Å²) in [5.74, 6) is -0.906. The Bertz CT molecular complexity index is 251. The molecule has 0 nitrogen and oxygen atoms in total. The fourth-order valence-electron chi connectivity index (χ4n) is 0.602. The van der Waals surface area contributed by atoms with Crippen LogP contribution in [0.1, 0.15) is 5.56 Å². The van der Waals surface area contributed by atoms with E-state index in [1.165, 1.54) is 0 Å². The van der Waals surface area contributed by atoms with Crippen molar-refractivity contribution >= 4 is 0 Å². The number of hydrogen-bond acceptors (Lipinski definition) is 0. The Morgan fingerprint density at radius 2 is 1.91 bits per heavy atom. The van der Waals surface area contributed by atoms with E-state index in [9.17, 15) is 17.6 Å². The zero-order chi connectivity index (χ0) is 8.48. The van der Waals surface area contributed by atoms with E-state index in [1.807, 2.05) is 6.07 Å². The number of halogens is 4. The summed E-state index contributed by atoms with van der Waals surface area (Å²) >= 11 is 0. The van der Waals surface area contributed by atoms with Crippen LogP contribution >= 0.6 is 0 Å². The molecule has 4 heteroatoms. The third-order valence-electron chi connectivity index (χ3n) is 1.07. The Labute approximate surface area is 60.5 Å². The largest absolute Gasteiger partial charge is 0.417 e. The second-order valence-corrected chi connectivity index (χ2v) is 1.92. The number of alkyl halides is 3. The Kier molecular flexibility index (Phi) is 1.85. The second kappa shape index (κ2) is 2.53. The maximum atomic E-state index is 12.2. The Morgan fingerprint density at radius 3 is 2.27 bits per heavy atom. The summed E-state index contributed by atoms with van der Waals surface area (Å²) in [6.07, 6.45) is -4.51. The van der Waals surface area contributed by atoms with Gasteiger partial charge in [0.1, 0.15) is 5.82 Å². The Morgan fingerprint density at radius 1 is 1.27 bits per heavy atom. The predicted molar refractivity (Wildman–Crippen MR) is 30.2 cm³/mol. The smallest absolute Gasteiger partial charge is 0.207 e. The van der Waals surface area contributed by atoms with Gasteiger partial charge < -0.3 is 0 Å². The molecule has 0 aliphatic heterocycles. The van der Waals surface area contributed by atoms with Gasteiger partial charge in [0.2, 0.25) is 0 Å². The summed E-state index contributed by atoms with van der Waals surface area (Å²) in [7, 11) is 0. The highest BCUT2D eigenvalue weighted by molar-refractivity contribution is 5.17. The molecule has 0 heterocycles. The van der Waals surface area contributed by atoms with Crippen LogP contribution in [0, 0.1) is 11.9 Å². The van der Waals surface area contributed by atoms with Crippen LogP contribution in [0.2, 0.25) is 0 Å². The van der Waals surface area contributed by atoms with Gasteiger partial charge in [0, 0.05) is 0 Å². The fraction of sp³-hybridized carbons (Fsp3) is 0.143. The van der Waals surface area contributed by atoms with Gasteiger partial charge in [-0.1, -0.05) is 6.07 Å². The van der Waals surface area contributed by atoms with E-state index in [1.54, 1.807) is 0 Å². The molecule has 1 radical (unpaired) electrons. The topological polar surface area (TPSA) is 0 Å². The minimum absolute atomic E-state index is 0.403. The van der Waals surface area contributed by atoms with Crippen molar-refractivity contribution in [2.75, 3.05) is 0 Å². The molecule has 0 atom stereocenters. The van der Waals surface area contributed by atoms with Gasteiger partial charge >= 0.3 is 6.18 Å². The van der Waals surface area contributed by atoms with Gasteiger partial charge in [-0.05, 0) is 18.2 Å². The fourth-order valence-corrected chi connectivity index (χ4v) is 0.602. The van der Waals surface area contributed by atoms with Crippen molar-refractivity contribution in [1.29, 1.82) is 0 Å². The highest BCUT2D eigenvalue weighted by atomic mass is 19.4. The number of benzene rings is 1. The third-order valence-corrected chi connectivity index (χ3v) is 1.07. The standard InChI is InChI=1S/C7H3F4/c8-6-3-1-2-5(4-6)7(9,10)11/h1,3-4H. The van der Waals surface area contributed by atoms with Crippen molar-refractivity contribution in [3.63, 3.8) is 0 Å². The van der Waals surface area contributed by atoms with Crippen LogP contribution in [0.3, 0.4) is 0 Å².